The summed E-state index contributed by atoms with van der Waals surface area (Å²) in [5.41, 5.74) is -0.359. The standard InChI is InChI=1S/C11H15N3O3S/c1-9(2)14(7-3-6-12)18(16,17)10-4-5-11(15)13-8-10/h4-5,8-9H,3,7H2,1-2H3,(H,13,15). The topological polar surface area (TPSA) is 94.0 Å². The first-order valence-electron chi connectivity index (χ1n) is 5.47. The Morgan fingerprint density at radius 2 is 2.11 bits per heavy atom. The number of aromatic amines is 1. The van der Waals surface area contributed by atoms with Crippen LogP contribution in [-0.4, -0.2) is 30.3 Å². The van der Waals surface area contributed by atoms with E-state index in [0.717, 1.165) is 6.07 Å². The Balaban J connectivity index is 3.13. The number of sulfonamides is 1. The molecule has 0 aliphatic carbocycles. The molecule has 0 aliphatic heterocycles. The van der Waals surface area contributed by atoms with E-state index in [9.17, 15) is 13.2 Å². The van der Waals surface area contributed by atoms with Crippen molar-refractivity contribution in [2.24, 2.45) is 0 Å². The van der Waals surface area contributed by atoms with E-state index in [-0.39, 0.29) is 29.5 Å². The molecule has 0 radical (unpaired) electrons. The second-order valence-corrected chi connectivity index (χ2v) is 5.90. The van der Waals surface area contributed by atoms with Gasteiger partial charge >= 0.3 is 0 Å². The molecular weight excluding hydrogens is 254 g/mol. The second-order valence-electron chi connectivity index (χ2n) is 4.01. The lowest BCUT2D eigenvalue weighted by Crippen LogP contribution is -2.37. The molecule has 7 heteroatoms. The largest absolute Gasteiger partial charge is 0.328 e. The zero-order valence-electron chi connectivity index (χ0n) is 10.3. The summed E-state index contributed by atoms with van der Waals surface area (Å²) < 4.78 is 25.8. The summed E-state index contributed by atoms with van der Waals surface area (Å²) in [6.45, 7) is 3.61. The van der Waals surface area contributed by atoms with Gasteiger partial charge in [0.15, 0.2) is 0 Å². The Hall–Kier alpha value is -1.65. The van der Waals surface area contributed by atoms with E-state index >= 15 is 0 Å². The molecule has 1 aromatic heterocycles. The van der Waals surface area contributed by atoms with Gasteiger partial charge in [-0.1, -0.05) is 0 Å². The number of pyridine rings is 1. The molecule has 1 aromatic rings. The van der Waals surface area contributed by atoms with Crippen molar-refractivity contribution in [3.8, 4) is 6.07 Å². The molecule has 0 bridgehead atoms. The van der Waals surface area contributed by atoms with Crippen molar-refractivity contribution in [3.05, 3.63) is 28.7 Å². The van der Waals surface area contributed by atoms with Crippen molar-refractivity contribution in [1.82, 2.24) is 9.29 Å². The molecule has 1 rings (SSSR count). The summed E-state index contributed by atoms with van der Waals surface area (Å²) in [6.07, 6.45) is 1.29. The summed E-state index contributed by atoms with van der Waals surface area (Å²) in [4.78, 5) is 13.3. The van der Waals surface area contributed by atoms with E-state index < -0.39 is 10.0 Å². The fraction of sp³-hybridized carbons (Fsp3) is 0.455. The van der Waals surface area contributed by atoms with Gasteiger partial charge in [0.25, 0.3) is 0 Å². The third kappa shape index (κ3) is 3.18. The highest BCUT2D eigenvalue weighted by atomic mass is 32.2. The first kappa shape index (κ1) is 14.4. The van der Waals surface area contributed by atoms with Crippen LogP contribution in [0.15, 0.2) is 28.0 Å². The fourth-order valence-corrected chi connectivity index (χ4v) is 3.11. The number of hydrogen-bond donors (Lipinski definition) is 1. The SMILES string of the molecule is CC(C)N(CCC#N)S(=O)(=O)c1ccc(=O)[nH]c1. The number of H-pyrrole nitrogens is 1. The van der Waals surface area contributed by atoms with E-state index in [1.165, 1.54) is 16.6 Å². The number of aromatic nitrogens is 1. The molecule has 1 heterocycles. The highest BCUT2D eigenvalue weighted by molar-refractivity contribution is 7.89. The van der Waals surface area contributed by atoms with Crippen molar-refractivity contribution < 1.29 is 8.42 Å². The number of rotatable bonds is 5. The molecule has 0 atom stereocenters. The van der Waals surface area contributed by atoms with Crippen LogP contribution in [-0.2, 0) is 10.0 Å². The quantitative estimate of drug-likeness (QED) is 0.850. The van der Waals surface area contributed by atoms with Gasteiger partial charge in [-0.05, 0) is 19.9 Å². The van der Waals surface area contributed by atoms with Gasteiger partial charge in [-0.25, -0.2) is 8.42 Å². The Bertz CT molecular complexity index is 578. The van der Waals surface area contributed by atoms with Crippen LogP contribution in [0.2, 0.25) is 0 Å². The number of nitrogens with zero attached hydrogens (tertiary/aromatic N) is 2. The van der Waals surface area contributed by atoms with Crippen LogP contribution >= 0.6 is 0 Å². The molecule has 0 aliphatic rings. The fourth-order valence-electron chi connectivity index (χ4n) is 1.51. The molecule has 0 fully saturated rings. The third-order valence-electron chi connectivity index (χ3n) is 2.38. The molecule has 0 unspecified atom stereocenters. The highest BCUT2D eigenvalue weighted by Gasteiger charge is 2.26. The Morgan fingerprint density at radius 1 is 1.44 bits per heavy atom. The van der Waals surface area contributed by atoms with Crippen molar-refractivity contribution >= 4 is 10.0 Å². The summed E-state index contributed by atoms with van der Waals surface area (Å²) in [5.74, 6) is 0. The molecule has 0 amide bonds. The molecule has 0 saturated carbocycles. The second kappa shape index (κ2) is 5.80. The minimum atomic E-state index is -3.68. The van der Waals surface area contributed by atoms with Crippen LogP contribution in [0.1, 0.15) is 20.3 Å². The summed E-state index contributed by atoms with van der Waals surface area (Å²) in [7, 11) is -3.68. The first-order chi connectivity index (χ1) is 8.39. The van der Waals surface area contributed by atoms with Crippen molar-refractivity contribution in [2.45, 2.75) is 31.2 Å². The minimum absolute atomic E-state index is 0.0220. The average molecular weight is 269 g/mol. The van der Waals surface area contributed by atoms with Crippen molar-refractivity contribution in [1.29, 1.82) is 5.26 Å². The van der Waals surface area contributed by atoms with Crippen LogP contribution < -0.4 is 5.56 Å². The maximum absolute atomic E-state index is 12.3. The molecule has 98 valence electrons. The monoisotopic (exact) mass is 269 g/mol. The van der Waals surface area contributed by atoms with Crippen molar-refractivity contribution in [3.63, 3.8) is 0 Å². The molecule has 0 saturated heterocycles. The van der Waals surface area contributed by atoms with Gasteiger partial charge in [-0.2, -0.15) is 9.57 Å². The maximum atomic E-state index is 12.3. The van der Waals surface area contributed by atoms with E-state index in [1.807, 2.05) is 6.07 Å². The Kier molecular flexibility index (Phi) is 4.64. The van der Waals surface area contributed by atoms with Gasteiger partial charge in [0.1, 0.15) is 0 Å². The summed E-state index contributed by atoms with van der Waals surface area (Å²) in [6, 6.07) is 4.09. The lowest BCUT2D eigenvalue weighted by atomic mass is 10.3. The smallest absolute Gasteiger partial charge is 0.247 e. The average Bonchev–Trinajstić information content (AvgIpc) is 2.29. The van der Waals surface area contributed by atoms with Crippen LogP contribution in [0.4, 0.5) is 0 Å². The predicted molar refractivity (Wildman–Crippen MR) is 66.3 cm³/mol. The minimum Gasteiger partial charge on any atom is -0.328 e. The van der Waals surface area contributed by atoms with Gasteiger partial charge in [0.2, 0.25) is 15.6 Å². The molecule has 6 nitrogen and oxygen atoms in total. The lowest BCUT2D eigenvalue weighted by molar-refractivity contribution is 0.360. The highest BCUT2D eigenvalue weighted by Crippen LogP contribution is 2.16. The molecule has 0 aromatic carbocycles. The summed E-state index contributed by atoms with van der Waals surface area (Å²) >= 11 is 0. The van der Waals surface area contributed by atoms with E-state index in [2.05, 4.69) is 4.98 Å². The molecule has 1 N–H and O–H groups in total. The van der Waals surface area contributed by atoms with E-state index in [1.54, 1.807) is 13.8 Å². The number of nitrogens with one attached hydrogen (secondary N) is 1. The Morgan fingerprint density at radius 3 is 2.56 bits per heavy atom. The number of hydrogen-bond acceptors (Lipinski definition) is 4. The predicted octanol–water partition coefficient (Wildman–Crippen LogP) is 0.688. The van der Waals surface area contributed by atoms with Crippen LogP contribution in [0, 0.1) is 11.3 Å². The van der Waals surface area contributed by atoms with Gasteiger partial charge in [-0.3, -0.25) is 4.79 Å². The molecular formula is C11H15N3O3S. The third-order valence-corrected chi connectivity index (χ3v) is 4.45. The number of nitriles is 1. The lowest BCUT2D eigenvalue weighted by Gasteiger charge is -2.24. The van der Waals surface area contributed by atoms with Crippen LogP contribution in [0.5, 0.6) is 0 Å². The van der Waals surface area contributed by atoms with Gasteiger partial charge in [-0.15, -0.1) is 0 Å². The van der Waals surface area contributed by atoms with Crippen molar-refractivity contribution in [2.75, 3.05) is 6.54 Å². The van der Waals surface area contributed by atoms with Crippen LogP contribution in [0.3, 0.4) is 0 Å². The van der Waals surface area contributed by atoms with Gasteiger partial charge < -0.3 is 4.98 Å². The zero-order chi connectivity index (χ0) is 13.8. The molecule has 0 spiro atoms. The van der Waals surface area contributed by atoms with E-state index in [4.69, 9.17) is 5.26 Å². The van der Waals surface area contributed by atoms with Gasteiger partial charge in [0, 0.05) is 31.3 Å². The van der Waals surface area contributed by atoms with Gasteiger partial charge in [0.05, 0.1) is 11.0 Å². The van der Waals surface area contributed by atoms with Crippen LogP contribution in [0.25, 0.3) is 0 Å². The Labute approximate surface area is 106 Å². The summed E-state index contributed by atoms with van der Waals surface area (Å²) in [5, 5.41) is 8.55. The van der Waals surface area contributed by atoms with E-state index in [0.29, 0.717) is 0 Å². The molecule has 18 heavy (non-hydrogen) atoms. The zero-order valence-corrected chi connectivity index (χ0v) is 11.1. The normalized spacial score (nSPS) is 11.7. The first-order valence-corrected chi connectivity index (χ1v) is 6.91. The maximum Gasteiger partial charge on any atom is 0.247 e.